The molecule has 1 spiro atoms. The van der Waals surface area contributed by atoms with Crippen LogP contribution in [0.25, 0.3) is 11.4 Å². The Labute approximate surface area is 175 Å². The van der Waals surface area contributed by atoms with E-state index in [0.717, 1.165) is 49.3 Å². The first-order chi connectivity index (χ1) is 14.7. The highest BCUT2D eigenvalue weighted by molar-refractivity contribution is 5.92. The molecular formula is C24H24N4O2. The number of nitrogens with zero attached hydrogens (tertiary/aromatic N) is 4. The quantitative estimate of drug-likeness (QED) is 0.731. The van der Waals surface area contributed by atoms with E-state index in [9.17, 15) is 9.90 Å². The van der Waals surface area contributed by atoms with Gasteiger partial charge in [0.2, 0.25) is 0 Å². The number of benzene rings is 1. The lowest BCUT2D eigenvalue weighted by atomic mass is 9.77. The molecule has 6 nitrogen and oxygen atoms in total. The molecule has 1 aliphatic carbocycles. The molecule has 2 aromatic heterocycles. The van der Waals surface area contributed by atoms with Crippen LogP contribution in [0.15, 0.2) is 54.9 Å². The molecule has 1 saturated heterocycles. The number of likely N-dealkylation sites (tertiary alicyclic amines) is 1. The van der Waals surface area contributed by atoms with E-state index in [0.29, 0.717) is 17.8 Å². The first kappa shape index (κ1) is 18.9. The first-order valence-electron chi connectivity index (χ1n) is 10.5. The molecule has 0 bridgehead atoms. The molecule has 3 heterocycles. The molecule has 1 atom stereocenters. The molecule has 3 aromatic rings. The number of carbonyl (C=O) groups is 1. The predicted octanol–water partition coefficient (Wildman–Crippen LogP) is 3.15. The van der Waals surface area contributed by atoms with Gasteiger partial charge < -0.3 is 10.0 Å². The van der Waals surface area contributed by atoms with Crippen molar-refractivity contribution in [3.8, 4) is 11.4 Å². The monoisotopic (exact) mass is 400 g/mol. The summed E-state index contributed by atoms with van der Waals surface area (Å²) in [6, 6.07) is 13.4. The van der Waals surface area contributed by atoms with Gasteiger partial charge in [0.05, 0.1) is 12.3 Å². The van der Waals surface area contributed by atoms with Crippen LogP contribution in [0.4, 0.5) is 0 Å². The number of piperidine rings is 1. The van der Waals surface area contributed by atoms with E-state index in [2.05, 4.69) is 9.97 Å². The molecule has 5 rings (SSSR count). The van der Waals surface area contributed by atoms with Crippen molar-refractivity contribution in [1.82, 2.24) is 19.9 Å². The van der Waals surface area contributed by atoms with Gasteiger partial charge in [-0.15, -0.1) is 0 Å². The minimum atomic E-state index is -0.121. The largest absolute Gasteiger partial charge is 0.392 e. The Morgan fingerprint density at radius 3 is 2.83 bits per heavy atom. The van der Waals surface area contributed by atoms with Gasteiger partial charge in [-0.1, -0.05) is 30.3 Å². The molecule has 2 aliphatic rings. The standard InChI is InChI=1S/C24H24N4O2/c29-15-17-8-11-25-20(13-17)23(30)28-12-4-9-24(16-28)10-7-19-14-26-22(27-21(19)24)18-5-2-1-3-6-18/h1-3,5-6,8,11,13-14,29H,4,7,9-10,12,15-16H2. The molecule has 1 amide bonds. The van der Waals surface area contributed by atoms with Crippen molar-refractivity contribution < 1.29 is 9.90 Å². The van der Waals surface area contributed by atoms with Crippen LogP contribution in [-0.4, -0.2) is 44.0 Å². The van der Waals surface area contributed by atoms with Crippen molar-refractivity contribution >= 4 is 5.91 Å². The molecular weight excluding hydrogens is 376 g/mol. The lowest BCUT2D eigenvalue weighted by molar-refractivity contribution is 0.0627. The van der Waals surface area contributed by atoms with Crippen molar-refractivity contribution in [3.05, 3.63) is 77.4 Å². The minimum absolute atomic E-state index is 0.0739. The molecule has 30 heavy (non-hydrogen) atoms. The number of carbonyl (C=O) groups excluding carboxylic acids is 1. The third-order valence-corrected chi connectivity index (χ3v) is 6.36. The van der Waals surface area contributed by atoms with Crippen LogP contribution in [0.1, 0.15) is 46.6 Å². The van der Waals surface area contributed by atoms with E-state index >= 15 is 0 Å². The number of aryl methyl sites for hydroxylation is 1. The number of pyridine rings is 1. The average Bonchev–Trinajstić information content (AvgIpc) is 3.16. The highest BCUT2D eigenvalue weighted by atomic mass is 16.3. The second kappa shape index (κ2) is 7.61. The molecule has 6 heteroatoms. The Kier molecular flexibility index (Phi) is 4.79. The summed E-state index contributed by atoms with van der Waals surface area (Å²) in [4.78, 5) is 28.9. The number of aliphatic hydroxyl groups is 1. The summed E-state index contributed by atoms with van der Waals surface area (Å²) in [7, 11) is 0. The van der Waals surface area contributed by atoms with E-state index < -0.39 is 0 Å². The fraction of sp³-hybridized carbons (Fsp3) is 0.333. The van der Waals surface area contributed by atoms with Crippen molar-refractivity contribution in [2.45, 2.75) is 37.7 Å². The lowest BCUT2D eigenvalue weighted by Gasteiger charge is -2.40. The normalized spacial score (nSPS) is 20.4. The van der Waals surface area contributed by atoms with E-state index in [-0.39, 0.29) is 17.9 Å². The van der Waals surface area contributed by atoms with Gasteiger partial charge in [0.15, 0.2) is 5.82 Å². The van der Waals surface area contributed by atoms with Gasteiger partial charge in [0.25, 0.3) is 5.91 Å². The summed E-state index contributed by atoms with van der Waals surface area (Å²) in [6.45, 7) is 1.27. The zero-order chi connectivity index (χ0) is 20.6. The summed E-state index contributed by atoms with van der Waals surface area (Å²) in [5.74, 6) is 0.673. The molecule has 1 aliphatic heterocycles. The lowest BCUT2D eigenvalue weighted by Crippen LogP contribution is -2.48. The number of amides is 1. The molecule has 0 saturated carbocycles. The van der Waals surface area contributed by atoms with Crippen LogP contribution >= 0.6 is 0 Å². The summed E-state index contributed by atoms with van der Waals surface area (Å²) >= 11 is 0. The van der Waals surface area contributed by atoms with Crippen molar-refractivity contribution in [1.29, 1.82) is 0 Å². The molecule has 152 valence electrons. The fourth-order valence-electron chi connectivity index (χ4n) is 4.82. The maximum absolute atomic E-state index is 13.2. The summed E-state index contributed by atoms with van der Waals surface area (Å²) < 4.78 is 0. The maximum atomic E-state index is 13.2. The first-order valence-corrected chi connectivity index (χ1v) is 10.5. The molecule has 1 N–H and O–H groups in total. The molecule has 1 unspecified atom stereocenters. The van der Waals surface area contributed by atoms with Crippen LogP contribution in [0.3, 0.4) is 0 Å². The fourth-order valence-corrected chi connectivity index (χ4v) is 4.82. The van der Waals surface area contributed by atoms with Crippen molar-refractivity contribution in [2.24, 2.45) is 0 Å². The van der Waals surface area contributed by atoms with Gasteiger partial charge in [-0.3, -0.25) is 9.78 Å². The van der Waals surface area contributed by atoms with Gasteiger partial charge in [-0.25, -0.2) is 9.97 Å². The van der Waals surface area contributed by atoms with E-state index in [1.165, 1.54) is 5.56 Å². The van der Waals surface area contributed by atoms with Crippen LogP contribution in [-0.2, 0) is 18.4 Å². The van der Waals surface area contributed by atoms with Gasteiger partial charge in [-0.2, -0.15) is 0 Å². The Morgan fingerprint density at radius 1 is 1.13 bits per heavy atom. The second-order valence-electron chi connectivity index (χ2n) is 8.25. The number of aromatic nitrogens is 3. The Morgan fingerprint density at radius 2 is 2.00 bits per heavy atom. The second-order valence-corrected chi connectivity index (χ2v) is 8.25. The van der Waals surface area contributed by atoms with E-state index in [1.807, 2.05) is 41.4 Å². The topological polar surface area (TPSA) is 79.2 Å². The van der Waals surface area contributed by atoms with Gasteiger partial charge in [0, 0.05) is 36.5 Å². The number of rotatable bonds is 3. The third kappa shape index (κ3) is 3.27. The van der Waals surface area contributed by atoms with E-state index in [1.54, 1.807) is 18.3 Å². The van der Waals surface area contributed by atoms with Gasteiger partial charge >= 0.3 is 0 Å². The number of hydrogen-bond donors (Lipinski definition) is 1. The van der Waals surface area contributed by atoms with E-state index in [4.69, 9.17) is 4.98 Å². The Bertz CT molecular complexity index is 1080. The molecule has 1 fully saturated rings. The van der Waals surface area contributed by atoms with Crippen LogP contribution in [0, 0.1) is 0 Å². The summed E-state index contributed by atoms with van der Waals surface area (Å²) in [6.07, 6.45) is 7.46. The highest BCUT2D eigenvalue weighted by Gasteiger charge is 2.45. The summed E-state index contributed by atoms with van der Waals surface area (Å²) in [5, 5.41) is 9.38. The molecule has 0 radical (unpaired) electrons. The highest BCUT2D eigenvalue weighted by Crippen LogP contribution is 2.44. The SMILES string of the molecule is O=C(c1cc(CO)ccn1)N1CCCC2(CCc3cnc(-c4ccccc4)nc32)C1. The maximum Gasteiger partial charge on any atom is 0.272 e. The predicted molar refractivity (Wildman–Crippen MR) is 113 cm³/mol. The van der Waals surface area contributed by atoms with Crippen molar-refractivity contribution in [3.63, 3.8) is 0 Å². The zero-order valence-corrected chi connectivity index (χ0v) is 16.8. The number of fused-ring (bicyclic) bond motifs is 2. The van der Waals surface area contributed by atoms with Crippen LogP contribution in [0.2, 0.25) is 0 Å². The Balaban J connectivity index is 1.46. The summed E-state index contributed by atoms with van der Waals surface area (Å²) in [5.41, 5.74) is 4.28. The van der Waals surface area contributed by atoms with Crippen LogP contribution < -0.4 is 0 Å². The van der Waals surface area contributed by atoms with Crippen LogP contribution in [0.5, 0.6) is 0 Å². The molecule has 1 aromatic carbocycles. The van der Waals surface area contributed by atoms with Crippen molar-refractivity contribution in [2.75, 3.05) is 13.1 Å². The van der Waals surface area contributed by atoms with Gasteiger partial charge in [-0.05, 0) is 48.9 Å². The third-order valence-electron chi connectivity index (χ3n) is 6.36. The Hall–Kier alpha value is -3.12. The number of hydrogen-bond acceptors (Lipinski definition) is 5. The smallest absolute Gasteiger partial charge is 0.272 e. The zero-order valence-electron chi connectivity index (χ0n) is 16.8. The number of aliphatic hydroxyl groups excluding tert-OH is 1. The minimum Gasteiger partial charge on any atom is -0.392 e. The van der Waals surface area contributed by atoms with Gasteiger partial charge in [0.1, 0.15) is 5.69 Å². The average molecular weight is 400 g/mol.